The molecule has 0 aromatic heterocycles. The molecule has 0 atom stereocenters. The smallest absolute Gasteiger partial charge is 0.0293 e. The molecular formula is C10H18Cl2. The van der Waals surface area contributed by atoms with E-state index in [-0.39, 0.29) is 5.41 Å². The molecule has 1 rings (SSSR count). The van der Waals surface area contributed by atoms with E-state index in [1.54, 1.807) is 0 Å². The summed E-state index contributed by atoms with van der Waals surface area (Å²) in [4.78, 5) is 0. The van der Waals surface area contributed by atoms with E-state index in [1.807, 2.05) is 0 Å². The zero-order chi connectivity index (χ0) is 9.03. The van der Waals surface area contributed by atoms with E-state index in [1.165, 1.54) is 25.7 Å². The van der Waals surface area contributed by atoms with Crippen LogP contribution in [-0.4, -0.2) is 11.8 Å². The molecule has 72 valence electrons. The van der Waals surface area contributed by atoms with Gasteiger partial charge in [-0.1, -0.05) is 19.8 Å². The molecular weight excluding hydrogens is 191 g/mol. The van der Waals surface area contributed by atoms with Crippen molar-refractivity contribution >= 4 is 23.2 Å². The van der Waals surface area contributed by atoms with Crippen LogP contribution >= 0.6 is 23.2 Å². The number of hydrogen-bond donors (Lipinski definition) is 0. The average Bonchev–Trinajstić information content (AvgIpc) is 2.62. The standard InChI is InChI=1S/C10H18Cl2/c1-2-10(7-11,8-12)9-5-3-4-6-9/h9H,2-8H2,1H3. The molecule has 1 aliphatic carbocycles. The fourth-order valence-corrected chi connectivity index (χ4v) is 3.37. The van der Waals surface area contributed by atoms with Gasteiger partial charge in [0.25, 0.3) is 0 Å². The summed E-state index contributed by atoms with van der Waals surface area (Å²) in [5.74, 6) is 2.26. The Hall–Kier alpha value is 0.580. The fourth-order valence-electron chi connectivity index (χ4n) is 2.27. The van der Waals surface area contributed by atoms with Gasteiger partial charge in [-0.25, -0.2) is 0 Å². The van der Waals surface area contributed by atoms with Gasteiger partial charge >= 0.3 is 0 Å². The SMILES string of the molecule is CCC(CCl)(CCl)C1CCCC1. The molecule has 0 unspecified atom stereocenters. The lowest BCUT2D eigenvalue weighted by molar-refractivity contribution is 0.218. The maximum atomic E-state index is 6.02. The molecule has 0 saturated heterocycles. The van der Waals surface area contributed by atoms with Gasteiger partial charge in [0, 0.05) is 11.8 Å². The molecule has 0 spiro atoms. The molecule has 0 aromatic carbocycles. The van der Waals surface area contributed by atoms with Crippen molar-refractivity contribution in [3.63, 3.8) is 0 Å². The summed E-state index contributed by atoms with van der Waals surface area (Å²) in [6.45, 7) is 2.21. The minimum absolute atomic E-state index is 0.236. The Labute approximate surface area is 85.6 Å². The second-order valence-electron chi connectivity index (χ2n) is 3.96. The summed E-state index contributed by atoms with van der Waals surface area (Å²) >= 11 is 12.0. The van der Waals surface area contributed by atoms with Gasteiger partial charge in [0.05, 0.1) is 0 Å². The van der Waals surface area contributed by atoms with Crippen molar-refractivity contribution in [2.24, 2.45) is 11.3 Å². The largest absolute Gasteiger partial charge is 0.126 e. The first kappa shape index (κ1) is 10.7. The van der Waals surface area contributed by atoms with E-state index in [0.717, 1.165) is 24.1 Å². The molecule has 0 bridgehead atoms. The van der Waals surface area contributed by atoms with E-state index in [9.17, 15) is 0 Å². The van der Waals surface area contributed by atoms with Gasteiger partial charge in [-0.2, -0.15) is 0 Å². The Kier molecular flexibility index (Phi) is 4.19. The van der Waals surface area contributed by atoms with Gasteiger partial charge < -0.3 is 0 Å². The third kappa shape index (κ3) is 1.90. The van der Waals surface area contributed by atoms with Crippen LogP contribution in [0.5, 0.6) is 0 Å². The first-order valence-electron chi connectivity index (χ1n) is 4.91. The van der Waals surface area contributed by atoms with E-state index in [4.69, 9.17) is 23.2 Å². The third-order valence-corrected chi connectivity index (χ3v) is 4.52. The minimum Gasteiger partial charge on any atom is -0.126 e. The summed E-state index contributed by atoms with van der Waals surface area (Å²) in [6, 6.07) is 0. The summed E-state index contributed by atoms with van der Waals surface area (Å²) in [7, 11) is 0. The Balaban J connectivity index is 2.61. The summed E-state index contributed by atoms with van der Waals surface area (Å²) in [6.07, 6.45) is 6.56. The molecule has 0 nitrogen and oxygen atoms in total. The summed E-state index contributed by atoms with van der Waals surface area (Å²) in [5.41, 5.74) is 0.236. The Morgan fingerprint density at radius 2 is 1.67 bits per heavy atom. The van der Waals surface area contributed by atoms with Crippen molar-refractivity contribution < 1.29 is 0 Å². The van der Waals surface area contributed by atoms with Crippen molar-refractivity contribution in [3.05, 3.63) is 0 Å². The summed E-state index contributed by atoms with van der Waals surface area (Å²) < 4.78 is 0. The highest BCUT2D eigenvalue weighted by Gasteiger charge is 2.37. The highest BCUT2D eigenvalue weighted by atomic mass is 35.5. The van der Waals surface area contributed by atoms with Gasteiger partial charge in [0.2, 0.25) is 0 Å². The maximum absolute atomic E-state index is 6.02. The van der Waals surface area contributed by atoms with Crippen molar-refractivity contribution in [2.45, 2.75) is 39.0 Å². The third-order valence-electron chi connectivity index (χ3n) is 3.46. The fraction of sp³-hybridized carbons (Fsp3) is 1.00. The van der Waals surface area contributed by atoms with E-state index in [0.29, 0.717) is 0 Å². The Morgan fingerprint density at radius 3 is 2.00 bits per heavy atom. The van der Waals surface area contributed by atoms with Gasteiger partial charge in [-0.05, 0) is 30.6 Å². The lowest BCUT2D eigenvalue weighted by atomic mass is 9.75. The quantitative estimate of drug-likeness (QED) is 0.612. The predicted octanol–water partition coefficient (Wildman–Crippen LogP) is 4.05. The summed E-state index contributed by atoms with van der Waals surface area (Å²) in [5, 5.41) is 0. The molecule has 12 heavy (non-hydrogen) atoms. The molecule has 0 N–H and O–H groups in total. The van der Waals surface area contributed by atoms with Crippen LogP contribution in [0, 0.1) is 11.3 Å². The van der Waals surface area contributed by atoms with Gasteiger partial charge in [0.15, 0.2) is 0 Å². The second-order valence-corrected chi connectivity index (χ2v) is 4.50. The van der Waals surface area contributed by atoms with Crippen LogP contribution in [-0.2, 0) is 0 Å². The van der Waals surface area contributed by atoms with Crippen LogP contribution in [0.4, 0.5) is 0 Å². The minimum atomic E-state index is 0.236. The first-order chi connectivity index (χ1) is 5.79. The van der Waals surface area contributed by atoms with Crippen LogP contribution < -0.4 is 0 Å². The average molecular weight is 209 g/mol. The normalized spacial score (nSPS) is 20.2. The molecule has 1 aliphatic rings. The highest BCUT2D eigenvalue weighted by molar-refractivity contribution is 6.21. The van der Waals surface area contributed by atoms with Crippen LogP contribution in [0.3, 0.4) is 0 Å². The van der Waals surface area contributed by atoms with E-state index in [2.05, 4.69) is 6.92 Å². The zero-order valence-corrected chi connectivity index (χ0v) is 9.29. The molecule has 0 heterocycles. The van der Waals surface area contributed by atoms with Crippen LogP contribution in [0.1, 0.15) is 39.0 Å². The van der Waals surface area contributed by atoms with Gasteiger partial charge in [-0.15, -0.1) is 23.2 Å². The first-order valence-corrected chi connectivity index (χ1v) is 5.98. The van der Waals surface area contributed by atoms with Crippen molar-refractivity contribution in [3.8, 4) is 0 Å². The molecule has 2 heteroatoms. The molecule has 0 radical (unpaired) electrons. The zero-order valence-electron chi connectivity index (χ0n) is 7.78. The predicted molar refractivity (Wildman–Crippen MR) is 56.1 cm³/mol. The Morgan fingerprint density at radius 1 is 1.17 bits per heavy atom. The van der Waals surface area contributed by atoms with Crippen LogP contribution in [0.15, 0.2) is 0 Å². The van der Waals surface area contributed by atoms with Crippen LogP contribution in [0.2, 0.25) is 0 Å². The highest BCUT2D eigenvalue weighted by Crippen LogP contribution is 2.43. The molecule has 1 fully saturated rings. The monoisotopic (exact) mass is 208 g/mol. The van der Waals surface area contributed by atoms with E-state index < -0.39 is 0 Å². The van der Waals surface area contributed by atoms with Crippen molar-refractivity contribution in [2.75, 3.05) is 11.8 Å². The topological polar surface area (TPSA) is 0 Å². The number of halogens is 2. The van der Waals surface area contributed by atoms with Gasteiger partial charge in [-0.3, -0.25) is 0 Å². The van der Waals surface area contributed by atoms with E-state index >= 15 is 0 Å². The maximum Gasteiger partial charge on any atom is 0.0293 e. The molecule has 1 saturated carbocycles. The van der Waals surface area contributed by atoms with Crippen LogP contribution in [0.25, 0.3) is 0 Å². The molecule has 0 amide bonds. The molecule has 0 aromatic rings. The number of alkyl halides is 2. The number of hydrogen-bond acceptors (Lipinski definition) is 0. The van der Waals surface area contributed by atoms with Crippen molar-refractivity contribution in [1.82, 2.24) is 0 Å². The second kappa shape index (κ2) is 4.72. The Bertz CT molecular complexity index is 116. The molecule has 0 aliphatic heterocycles. The number of rotatable bonds is 4. The lowest BCUT2D eigenvalue weighted by Gasteiger charge is -2.34. The van der Waals surface area contributed by atoms with Gasteiger partial charge in [0.1, 0.15) is 0 Å². The van der Waals surface area contributed by atoms with Crippen molar-refractivity contribution in [1.29, 1.82) is 0 Å². The lowest BCUT2D eigenvalue weighted by Crippen LogP contribution is -2.32.